The fourth-order valence-electron chi connectivity index (χ4n) is 1.08. The van der Waals surface area contributed by atoms with E-state index in [2.05, 4.69) is 52.3 Å². The van der Waals surface area contributed by atoms with E-state index in [1.165, 1.54) is 19.3 Å². The zero-order chi connectivity index (χ0) is 11.2. The summed E-state index contributed by atoms with van der Waals surface area (Å²) < 4.78 is 0.392. The minimum absolute atomic E-state index is 0.392. The molecule has 0 aromatic carbocycles. The molecule has 0 aromatic heterocycles. The van der Waals surface area contributed by atoms with Crippen LogP contribution in [0.15, 0.2) is 0 Å². The predicted molar refractivity (Wildman–Crippen MR) is 73.1 cm³/mol. The number of hydrogen-bond acceptors (Lipinski definition) is 2. The highest BCUT2D eigenvalue weighted by molar-refractivity contribution is 8.77. The summed E-state index contributed by atoms with van der Waals surface area (Å²) in [5.41, 5.74) is 0. The van der Waals surface area contributed by atoms with Crippen molar-refractivity contribution in [3.8, 4) is 0 Å². The van der Waals surface area contributed by atoms with Gasteiger partial charge in [0.25, 0.3) is 0 Å². The second-order valence-electron chi connectivity index (χ2n) is 5.12. The van der Waals surface area contributed by atoms with Crippen molar-refractivity contribution in [2.24, 2.45) is 5.92 Å². The summed E-state index contributed by atoms with van der Waals surface area (Å²) in [5.74, 6) is 0.856. The van der Waals surface area contributed by atoms with Crippen molar-refractivity contribution >= 4 is 21.6 Å². The molecule has 2 atom stereocenters. The van der Waals surface area contributed by atoms with Gasteiger partial charge in [-0.25, -0.2) is 0 Å². The van der Waals surface area contributed by atoms with Gasteiger partial charge in [-0.05, 0) is 12.3 Å². The summed E-state index contributed by atoms with van der Waals surface area (Å²) in [6, 6.07) is 0. The average Bonchev–Trinajstić information content (AvgIpc) is 2.09. The van der Waals surface area contributed by atoms with E-state index < -0.39 is 0 Å². The number of rotatable bonds is 6. The Morgan fingerprint density at radius 2 is 1.71 bits per heavy atom. The van der Waals surface area contributed by atoms with Crippen molar-refractivity contribution in [2.75, 3.05) is 0 Å². The minimum Gasteiger partial charge on any atom is -0.0902 e. The molecule has 0 aliphatic rings. The Morgan fingerprint density at radius 3 is 2.14 bits per heavy atom. The normalized spacial score (nSPS) is 16.7. The first kappa shape index (κ1) is 14.7. The molecule has 0 aliphatic heterocycles. The van der Waals surface area contributed by atoms with Crippen LogP contribution in [0.5, 0.6) is 0 Å². The zero-order valence-electron chi connectivity index (χ0n) is 10.6. The smallest absolute Gasteiger partial charge is 0.0179 e. The largest absolute Gasteiger partial charge is 0.0902 e. The first-order valence-corrected chi connectivity index (χ1v) is 7.92. The lowest BCUT2D eigenvalue weighted by atomic mass is 10.0. The van der Waals surface area contributed by atoms with Crippen LogP contribution in [-0.4, -0.2) is 10.00 Å². The lowest BCUT2D eigenvalue weighted by molar-refractivity contribution is 0.503. The third-order valence-corrected chi connectivity index (χ3v) is 6.33. The Labute approximate surface area is 98.4 Å². The molecule has 0 rings (SSSR count). The Hall–Kier alpha value is 0.700. The van der Waals surface area contributed by atoms with Crippen LogP contribution < -0.4 is 0 Å². The van der Waals surface area contributed by atoms with E-state index in [1.807, 2.05) is 10.8 Å². The van der Waals surface area contributed by atoms with Crippen molar-refractivity contribution in [1.82, 2.24) is 0 Å². The van der Waals surface area contributed by atoms with E-state index >= 15 is 0 Å². The van der Waals surface area contributed by atoms with E-state index in [0.717, 1.165) is 11.2 Å². The Bertz CT molecular complexity index is 138. The Morgan fingerprint density at radius 1 is 1.14 bits per heavy atom. The molecule has 86 valence electrons. The van der Waals surface area contributed by atoms with Gasteiger partial charge in [-0.1, -0.05) is 76.0 Å². The predicted octanol–water partition coefficient (Wildman–Crippen LogP) is 5.38. The third kappa shape index (κ3) is 8.05. The van der Waals surface area contributed by atoms with Crippen molar-refractivity contribution in [3.05, 3.63) is 0 Å². The summed E-state index contributed by atoms with van der Waals surface area (Å²) in [4.78, 5) is 0. The van der Waals surface area contributed by atoms with E-state index in [-0.39, 0.29) is 0 Å². The van der Waals surface area contributed by atoms with E-state index in [4.69, 9.17) is 0 Å². The van der Waals surface area contributed by atoms with Crippen LogP contribution in [0.4, 0.5) is 0 Å². The standard InChI is InChI=1S/C12H26S2/c1-7-8-9-10(2)11(3)13-14-12(4,5)6/h10-11H,7-9H2,1-6H3. The second-order valence-corrected chi connectivity index (χ2v) is 8.52. The molecule has 0 N–H and O–H groups in total. The molecule has 0 spiro atoms. The molecule has 0 saturated carbocycles. The topological polar surface area (TPSA) is 0 Å². The molecule has 14 heavy (non-hydrogen) atoms. The monoisotopic (exact) mass is 234 g/mol. The van der Waals surface area contributed by atoms with Crippen molar-refractivity contribution in [2.45, 2.75) is 70.8 Å². The van der Waals surface area contributed by atoms with Crippen LogP contribution in [0.1, 0.15) is 60.8 Å². The summed E-state index contributed by atoms with van der Waals surface area (Å²) >= 11 is 0. The van der Waals surface area contributed by atoms with E-state index in [0.29, 0.717) is 4.75 Å². The fraction of sp³-hybridized carbons (Fsp3) is 1.00. The van der Waals surface area contributed by atoms with Crippen molar-refractivity contribution < 1.29 is 0 Å². The van der Waals surface area contributed by atoms with Crippen molar-refractivity contribution in [1.29, 1.82) is 0 Å². The van der Waals surface area contributed by atoms with Crippen LogP contribution in [0.2, 0.25) is 0 Å². The highest BCUT2D eigenvalue weighted by Gasteiger charge is 2.17. The maximum Gasteiger partial charge on any atom is 0.0179 e. The quantitative estimate of drug-likeness (QED) is 0.566. The molecular formula is C12H26S2. The highest BCUT2D eigenvalue weighted by Crippen LogP contribution is 2.40. The van der Waals surface area contributed by atoms with Gasteiger partial charge in [-0.2, -0.15) is 0 Å². The molecule has 0 aromatic rings. The van der Waals surface area contributed by atoms with Gasteiger partial charge in [0, 0.05) is 10.00 Å². The maximum absolute atomic E-state index is 2.39. The van der Waals surface area contributed by atoms with E-state index in [9.17, 15) is 0 Å². The van der Waals surface area contributed by atoms with E-state index in [1.54, 1.807) is 0 Å². The van der Waals surface area contributed by atoms with Crippen molar-refractivity contribution in [3.63, 3.8) is 0 Å². The molecule has 0 heterocycles. The van der Waals surface area contributed by atoms with Crippen LogP contribution >= 0.6 is 21.6 Å². The van der Waals surface area contributed by atoms with Crippen LogP contribution in [0.25, 0.3) is 0 Å². The minimum atomic E-state index is 0.392. The van der Waals surface area contributed by atoms with Gasteiger partial charge >= 0.3 is 0 Å². The average molecular weight is 234 g/mol. The van der Waals surface area contributed by atoms with Gasteiger partial charge in [0.1, 0.15) is 0 Å². The highest BCUT2D eigenvalue weighted by atomic mass is 33.1. The van der Waals surface area contributed by atoms with Gasteiger partial charge < -0.3 is 0 Å². The van der Waals surface area contributed by atoms with Gasteiger partial charge in [0.15, 0.2) is 0 Å². The summed E-state index contributed by atoms with van der Waals surface area (Å²) in [6.07, 6.45) is 4.09. The zero-order valence-corrected chi connectivity index (χ0v) is 12.2. The van der Waals surface area contributed by atoms with Gasteiger partial charge in [0.2, 0.25) is 0 Å². The lowest BCUT2D eigenvalue weighted by Gasteiger charge is -2.23. The molecule has 2 unspecified atom stereocenters. The van der Waals surface area contributed by atoms with Gasteiger partial charge in [-0.3, -0.25) is 0 Å². The van der Waals surface area contributed by atoms with Crippen LogP contribution in [0, 0.1) is 5.92 Å². The number of hydrogen-bond donors (Lipinski definition) is 0. The molecule has 0 saturated heterocycles. The van der Waals surface area contributed by atoms with Gasteiger partial charge in [-0.15, -0.1) is 0 Å². The number of unbranched alkanes of at least 4 members (excludes halogenated alkanes) is 1. The second kappa shape index (κ2) is 7.05. The first-order valence-electron chi connectivity index (χ1n) is 5.71. The molecule has 0 fully saturated rings. The Balaban J connectivity index is 3.67. The van der Waals surface area contributed by atoms with Gasteiger partial charge in [0.05, 0.1) is 0 Å². The molecule has 0 amide bonds. The lowest BCUT2D eigenvalue weighted by Crippen LogP contribution is -2.12. The van der Waals surface area contributed by atoms with Crippen LogP contribution in [-0.2, 0) is 0 Å². The maximum atomic E-state index is 2.39. The fourth-order valence-corrected chi connectivity index (χ4v) is 3.73. The molecule has 2 heteroatoms. The first-order chi connectivity index (χ1) is 6.37. The SMILES string of the molecule is CCCCC(C)C(C)SSC(C)(C)C. The summed E-state index contributed by atoms with van der Waals surface area (Å²) in [7, 11) is 4.08. The molecular weight excluding hydrogens is 208 g/mol. The van der Waals surface area contributed by atoms with Crippen LogP contribution in [0.3, 0.4) is 0 Å². The Kier molecular flexibility index (Phi) is 7.41. The third-order valence-electron chi connectivity index (χ3n) is 2.26. The molecule has 0 radical (unpaired) electrons. The molecule has 0 bridgehead atoms. The summed E-state index contributed by atoms with van der Waals surface area (Å²) in [5, 5.41) is 0.783. The summed E-state index contributed by atoms with van der Waals surface area (Å²) in [6.45, 7) is 13.9. The molecule has 0 aliphatic carbocycles. The molecule has 0 nitrogen and oxygen atoms in total.